The number of hydrogen-bond donors (Lipinski definition) is 15. The molecule has 5 saturated heterocycles. The topological polar surface area (TPSA) is 430 Å². The summed E-state index contributed by atoms with van der Waals surface area (Å²) in [7, 11) is 0. The van der Waals surface area contributed by atoms with Gasteiger partial charge >= 0.3 is 11.9 Å². The van der Waals surface area contributed by atoms with Crippen LogP contribution >= 0.6 is 0 Å². The first-order chi connectivity index (χ1) is 39.3. The van der Waals surface area contributed by atoms with Crippen LogP contribution in [-0.2, 0) is 57.0 Å². The smallest absolute Gasteiger partial charge is 0.315 e. The normalized spacial score (nSPS) is 54.7. The van der Waals surface area contributed by atoms with E-state index in [1.54, 1.807) is 0 Å². The van der Waals surface area contributed by atoms with E-state index in [-0.39, 0.29) is 17.8 Å². The summed E-state index contributed by atoms with van der Waals surface area (Å²) >= 11 is 0. The molecule has 27 nitrogen and oxygen atoms in total. The summed E-state index contributed by atoms with van der Waals surface area (Å²) in [4.78, 5) is 29.3. The number of aliphatic hydroxyl groups excluding tert-OH is 13. The van der Waals surface area contributed by atoms with Crippen LogP contribution in [0.3, 0.4) is 0 Å². The van der Waals surface area contributed by atoms with E-state index in [0.717, 1.165) is 5.57 Å². The molecule has 10 rings (SSSR count). The molecule has 0 amide bonds. The van der Waals surface area contributed by atoms with Gasteiger partial charge in [0, 0.05) is 0 Å². The van der Waals surface area contributed by atoms with Gasteiger partial charge in [0.15, 0.2) is 31.3 Å². The Labute approximate surface area is 486 Å². The molecule has 31 atom stereocenters. The molecule has 4 saturated carbocycles. The molecule has 10 aliphatic rings. The largest absolute Gasteiger partial charge is 0.481 e. The Bertz CT molecular complexity index is 2420. The van der Waals surface area contributed by atoms with Crippen LogP contribution < -0.4 is 0 Å². The molecule has 480 valence electrons. The number of aliphatic carboxylic acids is 1. The van der Waals surface area contributed by atoms with Crippen molar-refractivity contribution >= 4 is 11.9 Å². The third kappa shape index (κ3) is 10.3. The van der Waals surface area contributed by atoms with Gasteiger partial charge in [-0.2, -0.15) is 0 Å². The molecule has 0 aromatic rings. The third-order valence-corrected chi connectivity index (χ3v) is 22.5. The zero-order chi connectivity index (χ0) is 61.3. The molecule has 15 N–H and O–H groups in total. The van der Waals surface area contributed by atoms with Gasteiger partial charge in [-0.1, -0.05) is 46.3 Å². The second-order valence-electron chi connectivity index (χ2n) is 27.8. The van der Waals surface area contributed by atoms with E-state index < -0.39 is 225 Å². The molecule has 9 fully saturated rings. The number of hydrogen-bond acceptors (Lipinski definition) is 26. The van der Waals surface area contributed by atoms with Crippen molar-refractivity contribution in [3.05, 3.63) is 11.6 Å². The Morgan fingerprint density at radius 2 is 1.24 bits per heavy atom. The maximum atomic E-state index is 15.5. The van der Waals surface area contributed by atoms with Gasteiger partial charge in [0.1, 0.15) is 91.1 Å². The quantitative estimate of drug-likeness (QED) is 0.0490. The van der Waals surface area contributed by atoms with Crippen molar-refractivity contribution in [3.8, 4) is 0 Å². The summed E-state index contributed by atoms with van der Waals surface area (Å²) < 4.78 is 59.7. The second-order valence-corrected chi connectivity index (χ2v) is 27.8. The van der Waals surface area contributed by atoms with Gasteiger partial charge in [-0.15, -0.1) is 0 Å². The van der Waals surface area contributed by atoms with Gasteiger partial charge in [-0.3, -0.25) is 9.59 Å². The predicted molar refractivity (Wildman–Crippen MR) is 279 cm³/mol. The maximum absolute atomic E-state index is 15.5. The molecule has 0 bridgehead atoms. The fraction of sp³-hybridized carbons (Fsp3) is 0.930. The van der Waals surface area contributed by atoms with Gasteiger partial charge in [-0.05, 0) is 111 Å². The van der Waals surface area contributed by atoms with Crippen LogP contribution in [0.25, 0.3) is 0 Å². The lowest BCUT2D eigenvalue weighted by molar-refractivity contribution is -0.381. The van der Waals surface area contributed by atoms with Crippen LogP contribution in [0, 0.1) is 50.2 Å². The van der Waals surface area contributed by atoms with Crippen molar-refractivity contribution in [3.63, 3.8) is 0 Å². The fourth-order valence-corrected chi connectivity index (χ4v) is 17.2. The standard InChI is InChI=1S/C57H90O27/c1-23-39(80-44-36(67)32(63)27(61)19-75-44)40(81-48-42(70)57(74,21-59)22-77-48)38(69)46(78-23)82-41-33(64)28(62)20-76-47(41)84-50(73)56-14-12-51(2,3)16-25(56)24-8-9-30-52(4)17-26(60)43(83-45-37(68)35(66)34(65)29(18-58)79-45)55(7,49(71)72)31(52)10-11-54(30,6)53(24,5)13-15-56/h8,23,25-48,58-70,74H,9-22H2,1-7H3,(H,71,72)/t23-,25-,26-,27+,28-,29+,30?,31?,32-,33-,34+,35-,36+,37+,38+,39-,40-,41+,42-,43-,44-,45-,46-,47-,48-,52+,53+,54+,55-,56-,57+/m0/s1. The van der Waals surface area contributed by atoms with Crippen LogP contribution in [0.2, 0.25) is 0 Å². The number of carboxylic acids is 1. The zero-order valence-electron chi connectivity index (χ0n) is 48.5. The van der Waals surface area contributed by atoms with Gasteiger partial charge < -0.3 is 124 Å². The molecule has 5 heterocycles. The van der Waals surface area contributed by atoms with Crippen LogP contribution in [0.5, 0.6) is 0 Å². The molecule has 0 aromatic carbocycles. The highest BCUT2D eigenvalue weighted by molar-refractivity contribution is 5.79. The molecule has 27 heteroatoms. The lowest BCUT2D eigenvalue weighted by atomic mass is 9.33. The third-order valence-electron chi connectivity index (χ3n) is 22.5. The summed E-state index contributed by atoms with van der Waals surface area (Å²) in [5, 5.41) is 163. The summed E-state index contributed by atoms with van der Waals surface area (Å²) in [5.41, 5.74) is -6.18. The molecule has 2 unspecified atom stereocenters. The van der Waals surface area contributed by atoms with Crippen LogP contribution in [0.4, 0.5) is 0 Å². The zero-order valence-corrected chi connectivity index (χ0v) is 48.5. The lowest BCUT2D eigenvalue weighted by Gasteiger charge is -2.71. The molecule has 0 aromatic heterocycles. The Hall–Kier alpha value is -2.24. The minimum Gasteiger partial charge on any atom is -0.481 e. The number of esters is 1. The first kappa shape index (κ1) is 64.7. The van der Waals surface area contributed by atoms with Gasteiger partial charge in [0.05, 0.1) is 56.1 Å². The van der Waals surface area contributed by atoms with Crippen molar-refractivity contribution in [2.24, 2.45) is 50.2 Å². The SMILES string of the molecule is C[C@@H]1O[C@@H](O[C@H]2[C@H](OC(=O)[C@]34CCC(C)(C)C[C@H]3C3=CCC5[C@@]6(C)C[C@H](O)[C@H](O[C@@H]7O[C@H](CO)[C@@H](O)[C@H](O)[C@H]7O)[C@@](C)(C(=O)O)C6CC[C@@]5(C)[C@]3(C)CC4)OC[C@H](O)[C@@H]2O)[C@H](O)[C@H](O[C@@H]2OC[C@](O)(CO)[C@H]2O)[C@H]1O[C@@H]1OC[C@@H](O)[C@H](O)[C@H]1O. The van der Waals surface area contributed by atoms with Crippen LogP contribution in [0.15, 0.2) is 11.6 Å². The molecular weight excluding hydrogens is 1120 g/mol. The van der Waals surface area contributed by atoms with E-state index in [0.29, 0.717) is 51.4 Å². The summed E-state index contributed by atoms with van der Waals surface area (Å²) in [6.45, 7) is 10.5. The highest BCUT2D eigenvalue weighted by Gasteiger charge is 2.73. The van der Waals surface area contributed by atoms with E-state index >= 15 is 4.79 Å². The molecule has 84 heavy (non-hydrogen) atoms. The van der Waals surface area contributed by atoms with Crippen LogP contribution in [0.1, 0.15) is 106 Å². The highest BCUT2D eigenvalue weighted by Crippen LogP contribution is 2.76. The number of aliphatic hydroxyl groups is 14. The lowest BCUT2D eigenvalue weighted by Crippen LogP contribution is -2.70. The summed E-state index contributed by atoms with van der Waals surface area (Å²) in [6, 6.07) is 0. The minimum atomic E-state index is -2.17. The monoisotopic (exact) mass is 1210 g/mol. The van der Waals surface area contributed by atoms with E-state index in [1.165, 1.54) is 13.8 Å². The van der Waals surface area contributed by atoms with Gasteiger partial charge in [-0.25, -0.2) is 0 Å². The van der Waals surface area contributed by atoms with Crippen LogP contribution in [-0.4, -0.2) is 262 Å². The van der Waals surface area contributed by atoms with Crippen molar-refractivity contribution in [2.75, 3.05) is 33.0 Å². The second kappa shape index (κ2) is 23.2. The van der Waals surface area contributed by atoms with E-state index in [1.807, 2.05) is 6.92 Å². The van der Waals surface area contributed by atoms with Gasteiger partial charge in [0.2, 0.25) is 6.29 Å². The summed E-state index contributed by atoms with van der Waals surface area (Å²) in [5.74, 6) is -3.06. The first-order valence-electron chi connectivity index (χ1n) is 29.6. The fourth-order valence-electron chi connectivity index (χ4n) is 17.2. The Morgan fingerprint density at radius 3 is 1.89 bits per heavy atom. The number of carbonyl (C=O) groups excluding carboxylic acids is 1. The Balaban J connectivity index is 0.906. The number of rotatable bonds is 13. The Morgan fingerprint density at radius 1 is 0.619 bits per heavy atom. The van der Waals surface area contributed by atoms with E-state index in [2.05, 4.69) is 33.8 Å². The summed E-state index contributed by atoms with van der Waals surface area (Å²) in [6.07, 6.45) is -30.2. The molecule has 5 aliphatic heterocycles. The average Bonchev–Trinajstić information content (AvgIpc) is 0.740. The molecular formula is C57H90O27. The predicted octanol–water partition coefficient (Wildman–Crippen LogP) is -3.23. The number of ether oxygens (including phenoxy) is 10. The van der Waals surface area contributed by atoms with Gasteiger partial charge in [0.25, 0.3) is 0 Å². The van der Waals surface area contributed by atoms with Crippen molar-refractivity contribution < 1.29 is 134 Å². The molecule has 5 aliphatic carbocycles. The van der Waals surface area contributed by atoms with E-state index in [9.17, 15) is 81.4 Å². The number of carbonyl (C=O) groups is 2. The Kier molecular flexibility index (Phi) is 17.9. The number of fused-ring (bicyclic) bond motifs is 7. The highest BCUT2D eigenvalue weighted by atomic mass is 16.8. The van der Waals surface area contributed by atoms with E-state index in [4.69, 9.17) is 47.4 Å². The van der Waals surface area contributed by atoms with Crippen molar-refractivity contribution in [1.82, 2.24) is 0 Å². The molecule has 0 radical (unpaired) electrons. The van der Waals surface area contributed by atoms with Crippen molar-refractivity contribution in [1.29, 1.82) is 0 Å². The average molecular weight is 1210 g/mol. The maximum Gasteiger partial charge on any atom is 0.315 e. The number of allylic oxidation sites excluding steroid dienone is 2. The first-order valence-corrected chi connectivity index (χ1v) is 29.6. The minimum absolute atomic E-state index is 0.104. The molecule has 0 spiro atoms. The number of carboxylic acid groups (broad SMARTS) is 1. The van der Waals surface area contributed by atoms with Crippen molar-refractivity contribution in [2.45, 2.75) is 247 Å².